The fourth-order valence-electron chi connectivity index (χ4n) is 4.10. The maximum Gasteiger partial charge on any atom is 0.245 e. The average molecular weight is 399 g/mol. The minimum absolute atomic E-state index is 0.0234. The van der Waals surface area contributed by atoms with Crippen LogP contribution in [0.2, 0.25) is 0 Å². The van der Waals surface area contributed by atoms with Gasteiger partial charge in [-0.15, -0.1) is 0 Å². The third-order valence-corrected chi connectivity index (χ3v) is 5.51. The largest absolute Gasteiger partial charge is 0.342 e. The summed E-state index contributed by atoms with van der Waals surface area (Å²) in [6, 6.07) is 5.62. The van der Waals surface area contributed by atoms with Crippen molar-refractivity contribution in [2.45, 2.75) is 38.9 Å². The van der Waals surface area contributed by atoms with Gasteiger partial charge in [0, 0.05) is 37.9 Å². The van der Waals surface area contributed by atoms with Gasteiger partial charge >= 0.3 is 0 Å². The maximum atomic E-state index is 14.0. The molecule has 1 aromatic heterocycles. The zero-order valence-electron chi connectivity index (χ0n) is 16.7. The van der Waals surface area contributed by atoms with Crippen LogP contribution >= 0.6 is 0 Å². The molecule has 0 unspecified atom stereocenters. The summed E-state index contributed by atoms with van der Waals surface area (Å²) >= 11 is 0. The molecule has 2 aromatic rings. The fourth-order valence-corrected chi connectivity index (χ4v) is 4.10. The second kappa shape index (κ2) is 7.94. The minimum atomic E-state index is -0.457. The zero-order valence-corrected chi connectivity index (χ0v) is 16.7. The molecule has 2 fully saturated rings. The van der Waals surface area contributed by atoms with Gasteiger partial charge in [-0.1, -0.05) is 26.0 Å². The van der Waals surface area contributed by atoms with Gasteiger partial charge in [0.2, 0.25) is 11.8 Å². The first-order valence-corrected chi connectivity index (χ1v) is 10.0. The molecule has 0 spiro atoms. The van der Waals surface area contributed by atoms with Gasteiger partial charge in [-0.05, 0) is 24.5 Å². The van der Waals surface area contributed by atoms with Gasteiger partial charge in [0.05, 0.1) is 6.20 Å². The van der Waals surface area contributed by atoms with E-state index >= 15 is 0 Å². The van der Waals surface area contributed by atoms with Crippen LogP contribution < -0.4 is 5.32 Å². The number of piperazine rings is 2. The van der Waals surface area contributed by atoms with Crippen LogP contribution in [0.15, 0.2) is 36.7 Å². The van der Waals surface area contributed by atoms with Crippen molar-refractivity contribution in [1.82, 2.24) is 24.9 Å². The van der Waals surface area contributed by atoms with E-state index in [4.69, 9.17) is 0 Å². The lowest BCUT2D eigenvalue weighted by Gasteiger charge is -2.45. The minimum Gasteiger partial charge on any atom is -0.342 e. The molecule has 29 heavy (non-hydrogen) atoms. The van der Waals surface area contributed by atoms with E-state index in [2.05, 4.69) is 15.3 Å². The molecule has 2 amide bonds. The van der Waals surface area contributed by atoms with Gasteiger partial charge in [-0.25, -0.2) is 9.07 Å². The fraction of sp³-hybridized carbons (Fsp3) is 0.476. The molecule has 7 nitrogen and oxygen atoms in total. The second-order valence-corrected chi connectivity index (χ2v) is 8.22. The number of nitrogens with zero attached hydrogens (tertiary/aromatic N) is 4. The van der Waals surface area contributed by atoms with Gasteiger partial charge in [0.15, 0.2) is 0 Å². The molecule has 2 saturated heterocycles. The van der Waals surface area contributed by atoms with Gasteiger partial charge in [-0.2, -0.15) is 5.10 Å². The Bertz CT molecular complexity index is 912. The van der Waals surface area contributed by atoms with Crippen molar-refractivity contribution >= 4 is 11.8 Å². The van der Waals surface area contributed by atoms with Gasteiger partial charge in [0.25, 0.3) is 0 Å². The molecule has 4 rings (SSSR count). The third kappa shape index (κ3) is 4.03. The molecule has 2 atom stereocenters. The standard InChI is InChI=1S/C21H26FN5O2/c1-14(2)9-17-21(29)26-8-7-25(13-19(26)20(28)24-17)11-15-10-23-27(12-15)18-6-4-3-5-16(18)22/h3-6,10,12,14,17,19H,7-9,11,13H2,1-2H3,(H,24,28)/t17-,19+/m0/s1. The Hall–Kier alpha value is -2.74. The van der Waals surface area contributed by atoms with Crippen molar-refractivity contribution in [3.05, 3.63) is 48.0 Å². The van der Waals surface area contributed by atoms with Gasteiger partial charge < -0.3 is 10.2 Å². The van der Waals surface area contributed by atoms with Crippen LogP contribution in [0.3, 0.4) is 0 Å². The molecular weight excluding hydrogens is 373 g/mol. The van der Waals surface area contributed by atoms with E-state index in [1.54, 1.807) is 35.5 Å². The number of halogens is 1. The molecule has 2 aliphatic heterocycles. The Morgan fingerprint density at radius 2 is 2.03 bits per heavy atom. The SMILES string of the molecule is CC(C)C[C@@H]1NC(=O)[C@H]2CN(Cc3cnn(-c4ccccc4F)c3)CCN2C1=O. The van der Waals surface area contributed by atoms with Crippen molar-refractivity contribution in [2.24, 2.45) is 5.92 Å². The normalized spacial score (nSPS) is 22.7. The summed E-state index contributed by atoms with van der Waals surface area (Å²) in [7, 11) is 0. The van der Waals surface area contributed by atoms with Crippen LogP contribution in [0.4, 0.5) is 4.39 Å². The van der Waals surface area contributed by atoms with Crippen molar-refractivity contribution in [3.63, 3.8) is 0 Å². The molecule has 0 radical (unpaired) electrons. The molecule has 1 N–H and O–H groups in total. The number of nitrogens with one attached hydrogen (secondary N) is 1. The van der Waals surface area contributed by atoms with Crippen LogP contribution in [0.5, 0.6) is 0 Å². The number of rotatable bonds is 5. The summed E-state index contributed by atoms with van der Waals surface area (Å²) < 4.78 is 15.5. The first-order valence-electron chi connectivity index (χ1n) is 10.0. The summed E-state index contributed by atoms with van der Waals surface area (Å²) in [6.07, 6.45) is 4.17. The molecule has 0 aliphatic carbocycles. The van der Waals surface area contributed by atoms with E-state index in [-0.39, 0.29) is 17.6 Å². The predicted molar refractivity (Wildman–Crippen MR) is 106 cm³/mol. The van der Waals surface area contributed by atoms with Gasteiger partial charge in [0.1, 0.15) is 23.6 Å². The summed E-state index contributed by atoms with van der Waals surface area (Å²) in [6.45, 7) is 6.39. The van der Waals surface area contributed by atoms with Crippen LogP contribution in [0.25, 0.3) is 5.69 Å². The van der Waals surface area contributed by atoms with Crippen molar-refractivity contribution in [2.75, 3.05) is 19.6 Å². The molecular formula is C21H26FN5O2. The van der Waals surface area contributed by atoms with Crippen molar-refractivity contribution in [1.29, 1.82) is 0 Å². The highest BCUT2D eigenvalue weighted by Gasteiger charge is 2.43. The van der Waals surface area contributed by atoms with E-state index in [0.29, 0.717) is 44.2 Å². The Balaban J connectivity index is 1.41. The summed E-state index contributed by atoms with van der Waals surface area (Å²) in [5.74, 6) is -0.0468. The first-order chi connectivity index (χ1) is 13.9. The van der Waals surface area contributed by atoms with E-state index in [1.165, 1.54) is 10.7 Å². The molecule has 2 aliphatic rings. The quantitative estimate of drug-likeness (QED) is 0.829. The predicted octanol–water partition coefficient (Wildman–Crippen LogP) is 1.57. The first kappa shape index (κ1) is 19.6. The number of para-hydroxylation sites is 1. The van der Waals surface area contributed by atoms with E-state index < -0.39 is 12.1 Å². The average Bonchev–Trinajstić information content (AvgIpc) is 3.14. The number of benzene rings is 1. The number of hydrogen-bond donors (Lipinski definition) is 1. The topological polar surface area (TPSA) is 70.5 Å². The Labute approximate surface area is 169 Å². The monoisotopic (exact) mass is 399 g/mol. The van der Waals surface area contributed by atoms with E-state index in [9.17, 15) is 14.0 Å². The zero-order chi connectivity index (χ0) is 20.5. The number of amides is 2. The Morgan fingerprint density at radius 3 is 2.79 bits per heavy atom. The molecule has 154 valence electrons. The lowest BCUT2D eigenvalue weighted by Crippen LogP contribution is -2.69. The number of aromatic nitrogens is 2. The van der Waals surface area contributed by atoms with Crippen LogP contribution in [0.1, 0.15) is 25.8 Å². The summed E-state index contributed by atoms with van der Waals surface area (Å²) in [5, 5.41) is 7.16. The Morgan fingerprint density at radius 1 is 1.24 bits per heavy atom. The second-order valence-electron chi connectivity index (χ2n) is 8.22. The molecule has 8 heteroatoms. The Kier molecular flexibility index (Phi) is 5.36. The smallest absolute Gasteiger partial charge is 0.245 e. The van der Waals surface area contributed by atoms with E-state index in [1.807, 2.05) is 13.8 Å². The highest BCUT2D eigenvalue weighted by molar-refractivity contribution is 5.97. The van der Waals surface area contributed by atoms with Crippen LogP contribution in [-0.4, -0.2) is 63.1 Å². The van der Waals surface area contributed by atoms with Gasteiger partial charge in [-0.3, -0.25) is 14.5 Å². The molecule has 1 aromatic carbocycles. The summed E-state index contributed by atoms with van der Waals surface area (Å²) in [5.41, 5.74) is 1.33. The van der Waals surface area contributed by atoms with Crippen LogP contribution in [0, 0.1) is 11.7 Å². The maximum absolute atomic E-state index is 14.0. The third-order valence-electron chi connectivity index (χ3n) is 5.51. The van der Waals surface area contributed by atoms with Crippen LogP contribution in [-0.2, 0) is 16.1 Å². The number of hydrogen-bond acceptors (Lipinski definition) is 4. The highest BCUT2D eigenvalue weighted by atomic mass is 19.1. The lowest BCUT2D eigenvalue weighted by molar-refractivity contribution is -0.153. The van der Waals surface area contributed by atoms with Crippen molar-refractivity contribution < 1.29 is 14.0 Å². The van der Waals surface area contributed by atoms with E-state index in [0.717, 1.165) is 5.56 Å². The number of fused-ring (bicyclic) bond motifs is 1. The molecule has 0 bridgehead atoms. The lowest BCUT2D eigenvalue weighted by atomic mass is 9.97. The molecule has 3 heterocycles. The number of carbonyl (C=O) groups excluding carboxylic acids is 2. The summed E-state index contributed by atoms with van der Waals surface area (Å²) in [4.78, 5) is 29.2. The highest BCUT2D eigenvalue weighted by Crippen LogP contribution is 2.21. The molecule has 0 saturated carbocycles. The number of carbonyl (C=O) groups is 2. The van der Waals surface area contributed by atoms with Crippen molar-refractivity contribution in [3.8, 4) is 5.69 Å².